The van der Waals surface area contributed by atoms with Crippen molar-refractivity contribution in [2.75, 3.05) is 0 Å². The van der Waals surface area contributed by atoms with Crippen LogP contribution < -0.4 is 21.3 Å². The molecule has 2 aromatic carbocycles. The number of carboxylic acids is 2. The largest absolute Gasteiger partial charge is 0.489 e. The highest BCUT2D eigenvalue weighted by Gasteiger charge is 2.21. The van der Waals surface area contributed by atoms with Gasteiger partial charge >= 0.3 is 17.6 Å². The molecule has 3 aromatic rings. The maximum atomic E-state index is 12.5. The van der Waals surface area contributed by atoms with Crippen molar-refractivity contribution in [1.82, 2.24) is 14.9 Å². The molecule has 35 heavy (non-hydrogen) atoms. The number of aromatic amines is 1. The highest BCUT2D eigenvalue weighted by Crippen LogP contribution is 2.16. The van der Waals surface area contributed by atoms with Crippen LogP contribution in [0.2, 0.25) is 0 Å². The summed E-state index contributed by atoms with van der Waals surface area (Å²) in [6.45, 7) is 0.415. The van der Waals surface area contributed by atoms with Crippen LogP contribution in [0, 0.1) is 0 Å². The van der Waals surface area contributed by atoms with Crippen molar-refractivity contribution in [3.8, 4) is 5.75 Å². The summed E-state index contributed by atoms with van der Waals surface area (Å²) in [7, 11) is 0. The summed E-state index contributed by atoms with van der Waals surface area (Å²) in [5, 5.41) is 20.3. The number of carboxylic acid groups (broad SMARTS) is 2. The molecule has 0 aliphatic heterocycles. The molecule has 1 heterocycles. The number of carbonyl (C=O) groups excluding carboxylic acids is 1. The van der Waals surface area contributed by atoms with Gasteiger partial charge in [0.2, 0.25) is 0 Å². The van der Waals surface area contributed by atoms with E-state index in [1.54, 1.807) is 42.5 Å². The number of nitrogens with one attached hydrogen (secondary N) is 2. The van der Waals surface area contributed by atoms with E-state index in [1.165, 1.54) is 22.9 Å². The molecule has 1 atom stereocenters. The summed E-state index contributed by atoms with van der Waals surface area (Å²) in [6, 6.07) is 13.4. The summed E-state index contributed by atoms with van der Waals surface area (Å²) >= 11 is 0. The Morgan fingerprint density at radius 2 is 1.74 bits per heavy atom. The molecule has 0 aliphatic carbocycles. The first-order valence-corrected chi connectivity index (χ1v) is 10.6. The lowest BCUT2D eigenvalue weighted by Gasteiger charge is -2.14. The minimum Gasteiger partial charge on any atom is -0.489 e. The summed E-state index contributed by atoms with van der Waals surface area (Å²) in [6.07, 6.45) is 0.803. The molecule has 0 fully saturated rings. The molecule has 0 saturated carbocycles. The second-order valence-corrected chi connectivity index (χ2v) is 7.67. The molecule has 4 N–H and O–H groups in total. The molecule has 0 unspecified atom stereocenters. The highest BCUT2D eigenvalue weighted by molar-refractivity contribution is 5.96. The lowest BCUT2D eigenvalue weighted by Crippen LogP contribution is -2.41. The third-order valence-electron chi connectivity index (χ3n) is 5.02. The molecule has 11 heteroatoms. The predicted octanol–water partition coefficient (Wildman–Crippen LogP) is 1.21. The first-order chi connectivity index (χ1) is 16.7. The van der Waals surface area contributed by atoms with Gasteiger partial charge in [0.15, 0.2) is 0 Å². The molecule has 0 aliphatic rings. The summed E-state index contributed by atoms with van der Waals surface area (Å²) in [5.74, 6) is -2.54. The standard InChI is InChI=1S/C24H23N3O8/c28-20-10-11-27(24(34)26-20)13-15-4-6-18(7-5-15)35-14-16-2-1-3-17(12-16)22(31)25-19(23(32)33)8-9-21(29)30/h1-7,10-12,19H,8-9,13-14H2,(H,25,31)(H,29,30)(H,32,33)(H,26,28,34)/t19-/m1/s1. The van der Waals surface area contributed by atoms with E-state index >= 15 is 0 Å². The van der Waals surface area contributed by atoms with Gasteiger partial charge in [0, 0.05) is 24.2 Å². The normalized spacial score (nSPS) is 11.4. The molecule has 3 rings (SSSR count). The van der Waals surface area contributed by atoms with Gasteiger partial charge < -0.3 is 20.3 Å². The predicted molar refractivity (Wildman–Crippen MR) is 123 cm³/mol. The van der Waals surface area contributed by atoms with E-state index in [-0.39, 0.29) is 31.6 Å². The lowest BCUT2D eigenvalue weighted by atomic mass is 10.1. The Morgan fingerprint density at radius 3 is 2.40 bits per heavy atom. The number of hydrogen-bond donors (Lipinski definition) is 4. The van der Waals surface area contributed by atoms with Crippen LogP contribution in [0.4, 0.5) is 0 Å². The third kappa shape index (κ3) is 7.42. The van der Waals surface area contributed by atoms with Crippen LogP contribution in [0.5, 0.6) is 5.75 Å². The maximum absolute atomic E-state index is 12.5. The van der Waals surface area contributed by atoms with E-state index in [0.29, 0.717) is 11.3 Å². The highest BCUT2D eigenvalue weighted by atomic mass is 16.5. The van der Waals surface area contributed by atoms with Crippen LogP contribution in [0.25, 0.3) is 0 Å². The van der Waals surface area contributed by atoms with Crippen molar-refractivity contribution < 1.29 is 29.3 Å². The zero-order chi connectivity index (χ0) is 25.4. The van der Waals surface area contributed by atoms with Crippen LogP contribution in [-0.2, 0) is 22.7 Å². The van der Waals surface area contributed by atoms with Crippen LogP contribution >= 0.6 is 0 Å². The molecular formula is C24H23N3O8. The van der Waals surface area contributed by atoms with E-state index in [1.807, 2.05) is 0 Å². The summed E-state index contributed by atoms with van der Waals surface area (Å²) in [4.78, 5) is 59.6. The van der Waals surface area contributed by atoms with E-state index in [0.717, 1.165) is 5.56 Å². The molecule has 182 valence electrons. The zero-order valence-electron chi connectivity index (χ0n) is 18.5. The number of ether oxygens (including phenoxy) is 1. The molecular weight excluding hydrogens is 458 g/mol. The Kier molecular flexibility index (Phi) is 8.17. The second-order valence-electron chi connectivity index (χ2n) is 7.67. The summed E-state index contributed by atoms with van der Waals surface area (Å²) in [5.41, 5.74) is 0.740. The third-order valence-corrected chi connectivity index (χ3v) is 5.02. The van der Waals surface area contributed by atoms with E-state index < -0.39 is 35.1 Å². The van der Waals surface area contributed by atoms with Crippen molar-refractivity contribution in [2.45, 2.75) is 32.0 Å². The number of hydrogen-bond acceptors (Lipinski definition) is 6. The Labute approximate surface area is 198 Å². The van der Waals surface area contributed by atoms with Crippen molar-refractivity contribution in [1.29, 1.82) is 0 Å². The first kappa shape index (κ1) is 25.0. The monoisotopic (exact) mass is 481 g/mol. The van der Waals surface area contributed by atoms with Gasteiger partial charge in [-0.25, -0.2) is 9.59 Å². The Hall–Kier alpha value is -4.67. The minimum atomic E-state index is -1.32. The maximum Gasteiger partial charge on any atom is 0.328 e. The van der Waals surface area contributed by atoms with E-state index in [9.17, 15) is 29.1 Å². The molecule has 1 aromatic heterocycles. The topological polar surface area (TPSA) is 168 Å². The number of aliphatic carboxylic acids is 2. The molecule has 0 saturated heterocycles. The number of carbonyl (C=O) groups is 3. The molecule has 0 spiro atoms. The molecule has 0 radical (unpaired) electrons. The number of nitrogens with zero attached hydrogens (tertiary/aromatic N) is 1. The van der Waals surface area contributed by atoms with Gasteiger partial charge in [-0.15, -0.1) is 0 Å². The molecule has 0 bridgehead atoms. The smallest absolute Gasteiger partial charge is 0.328 e. The van der Waals surface area contributed by atoms with Gasteiger partial charge in [-0.1, -0.05) is 24.3 Å². The van der Waals surface area contributed by atoms with Crippen molar-refractivity contribution in [2.24, 2.45) is 0 Å². The average Bonchev–Trinajstić information content (AvgIpc) is 2.82. The van der Waals surface area contributed by atoms with Crippen LogP contribution in [0.1, 0.15) is 34.3 Å². The summed E-state index contributed by atoms with van der Waals surface area (Å²) < 4.78 is 7.11. The SMILES string of the molecule is O=C(O)CC[C@@H](NC(=O)c1cccc(COc2ccc(Cn3ccc(=O)[nH]c3=O)cc2)c1)C(=O)O. The minimum absolute atomic E-state index is 0.140. The van der Waals surface area contributed by atoms with Gasteiger partial charge in [-0.05, 0) is 41.8 Å². The second kappa shape index (κ2) is 11.5. The van der Waals surface area contributed by atoms with Gasteiger partial charge in [0.25, 0.3) is 11.5 Å². The van der Waals surface area contributed by atoms with Crippen LogP contribution in [0.3, 0.4) is 0 Å². The first-order valence-electron chi connectivity index (χ1n) is 10.6. The fourth-order valence-electron chi connectivity index (χ4n) is 3.19. The Morgan fingerprint density at radius 1 is 1.00 bits per heavy atom. The number of aromatic nitrogens is 2. The fourth-order valence-corrected chi connectivity index (χ4v) is 3.19. The molecule has 11 nitrogen and oxygen atoms in total. The van der Waals surface area contributed by atoms with Crippen molar-refractivity contribution in [3.05, 3.63) is 98.3 Å². The van der Waals surface area contributed by atoms with Crippen LogP contribution in [0.15, 0.2) is 70.4 Å². The van der Waals surface area contributed by atoms with Gasteiger partial charge in [-0.2, -0.15) is 0 Å². The Balaban J connectivity index is 1.59. The lowest BCUT2D eigenvalue weighted by molar-refractivity contribution is -0.140. The van der Waals surface area contributed by atoms with Crippen molar-refractivity contribution >= 4 is 17.8 Å². The van der Waals surface area contributed by atoms with Gasteiger partial charge in [0.05, 0.1) is 6.54 Å². The van der Waals surface area contributed by atoms with E-state index in [4.69, 9.17) is 9.84 Å². The van der Waals surface area contributed by atoms with Gasteiger partial charge in [0.1, 0.15) is 18.4 Å². The van der Waals surface area contributed by atoms with Gasteiger partial charge in [-0.3, -0.25) is 23.9 Å². The quantitative estimate of drug-likeness (QED) is 0.317. The number of amides is 1. The number of benzene rings is 2. The molecule has 1 amide bonds. The number of H-pyrrole nitrogens is 1. The van der Waals surface area contributed by atoms with Crippen LogP contribution in [-0.4, -0.2) is 43.7 Å². The average molecular weight is 481 g/mol. The Bertz CT molecular complexity index is 1330. The van der Waals surface area contributed by atoms with Crippen molar-refractivity contribution in [3.63, 3.8) is 0 Å². The fraction of sp³-hybridized carbons (Fsp3) is 0.208. The van der Waals surface area contributed by atoms with E-state index in [2.05, 4.69) is 10.3 Å². The zero-order valence-corrected chi connectivity index (χ0v) is 18.5. The number of rotatable bonds is 11.